The topological polar surface area (TPSA) is 86.6 Å². The number of thiazole rings is 1. The van der Waals surface area contributed by atoms with Crippen LogP contribution in [0.25, 0.3) is 10.2 Å². The van der Waals surface area contributed by atoms with Crippen LogP contribution in [0.2, 0.25) is 0 Å². The van der Waals surface area contributed by atoms with Crippen LogP contribution < -0.4 is 10.7 Å². The van der Waals surface area contributed by atoms with E-state index in [9.17, 15) is 9.90 Å². The molecule has 138 valence electrons. The van der Waals surface area contributed by atoms with Crippen molar-refractivity contribution in [2.45, 2.75) is 26.2 Å². The maximum absolute atomic E-state index is 12.2. The van der Waals surface area contributed by atoms with Crippen molar-refractivity contribution in [1.29, 1.82) is 0 Å². The maximum atomic E-state index is 12.2. The van der Waals surface area contributed by atoms with Crippen LogP contribution in [0.15, 0.2) is 41.5 Å². The van der Waals surface area contributed by atoms with Crippen molar-refractivity contribution in [2.75, 3.05) is 11.9 Å². The minimum atomic E-state index is -0.249. The van der Waals surface area contributed by atoms with E-state index in [4.69, 9.17) is 0 Å². The molecule has 0 aliphatic heterocycles. The Morgan fingerprint density at radius 2 is 2.11 bits per heavy atom. The van der Waals surface area contributed by atoms with E-state index in [0.29, 0.717) is 5.13 Å². The minimum absolute atomic E-state index is 0.0866. The van der Waals surface area contributed by atoms with Crippen LogP contribution >= 0.6 is 11.3 Å². The average molecular weight is 380 g/mol. The number of carbonyl (C=O) groups is 1. The molecule has 1 amide bonds. The Hall–Kier alpha value is -2.93. The van der Waals surface area contributed by atoms with Gasteiger partial charge in [-0.2, -0.15) is 5.10 Å². The summed E-state index contributed by atoms with van der Waals surface area (Å²) in [5, 5.41) is 18.2. The van der Waals surface area contributed by atoms with Crippen molar-refractivity contribution in [3.8, 4) is 5.75 Å². The number of aromatic hydroxyl groups is 1. The highest BCUT2D eigenvalue weighted by Gasteiger charge is 2.21. The monoisotopic (exact) mass is 380 g/mol. The smallest absolute Gasteiger partial charge is 0.259 e. The number of nitrogens with zero attached hydrogens (tertiary/aromatic N) is 2. The van der Waals surface area contributed by atoms with Gasteiger partial charge in [0.05, 0.1) is 22.5 Å². The van der Waals surface area contributed by atoms with E-state index in [0.717, 1.165) is 51.9 Å². The van der Waals surface area contributed by atoms with E-state index >= 15 is 0 Å². The second-order valence-electron chi connectivity index (χ2n) is 6.54. The number of fused-ring (bicyclic) bond motifs is 2. The van der Waals surface area contributed by atoms with Gasteiger partial charge in [-0.1, -0.05) is 29.5 Å². The second-order valence-corrected chi connectivity index (χ2v) is 7.57. The molecule has 1 heterocycles. The van der Waals surface area contributed by atoms with E-state index in [1.807, 2.05) is 37.3 Å². The van der Waals surface area contributed by atoms with E-state index in [1.165, 1.54) is 11.3 Å². The Morgan fingerprint density at radius 3 is 2.96 bits per heavy atom. The van der Waals surface area contributed by atoms with Crippen LogP contribution in [0, 0.1) is 6.92 Å². The molecule has 0 saturated heterocycles. The number of rotatable bonds is 4. The van der Waals surface area contributed by atoms with Crippen LogP contribution in [0.5, 0.6) is 5.75 Å². The fourth-order valence-electron chi connectivity index (χ4n) is 3.33. The summed E-state index contributed by atoms with van der Waals surface area (Å²) in [6, 6.07) is 11.4. The number of phenolic OH excluding ortho intramolecular Hbond substituents is 1. The van der Waals surface area contributed by atoms with Crippen LogP contribution in [-0.2, 0) is 11.2 Å². The SMILES string of the molecule is Cc1ccc(O)c2c1CCC/C2=N\NC(=O)CNc1nc2ccccc2s1. The minimum Gasteiger partial charge on any atom is -0.507 e. The zero-order valence-electron chi connectivity index (χ0n) is 15.0. The molecule has 0 bridgehead atoms. The number of hydrogen-bond donors (Lipinski definition) is 3. The molecule has 6 nitrogen and oxygen atoms in total. The number of para-hydroxylation sites is 1. The summed E-state index contributed by atoms with van der Waals surface area (Å²) in [7, 11) is 0. The second kappa shape index (κ2) is 7.36. The first-order chi connectivity index (χ1) is 13.1. The molecular weight excluding hydrogens is 360 g/mol. The summed E-state index contributed by atoms with van der Waals surface area (Å²) in [6.45, 7) is 2.12. The third-order valence-electron chi connectivity index (χ3n) is 4.66. The van der Waals surface area contributed by atoms with Gasteiger partial charge in [0.2, 0.25) is 0 Å². The molecular formula is C20H20N4O2S. The van der Waals surface area contributed by atoms with Crippen molar-refractivity contribution < 1.29 is 9.90 Å². The maximum Gasteiger partial charge on any atom is 0.259 e. The number of aromatic nitrogens is 1. The number of anilines is 1. The highest BCUT2D eigenvalue weighted by molar-refractivity contribution is 7.22. The van der Waals surface area contributed by atoms with E-state index in [1.54, 1.807) is 6.07 Å². The lowest BCUT2D eigenvalue weighted by Gasteiger charge is -2.21. The number of hydrazone groups is 1. The molecule has 27 heavy (non-hydrogen) atoms. The molecule has 1 aromatic heterocycles. The number of benzene rings is 2. The van der Waals surface area contributed by atoms with Gasteiger partial charge < -0.3 is 10.4 Å². The van der Waals surface area contributed by atoms with E-state index < -0.39 is 0 Å². The number of nitrogens with one attached hydrogen (secondary N) is 2. The summed E-state index contributed by atoms with van der Waals surface area (Å²) in [4.78, 5) is 16.6. The standard InChI is InChI=1S/C20H20N4O2S/c1-12-9-10-16(25)19-13(12)5-4-7-15(19)23-24-18(26)11-21-20-22-14-6-2-3-8-17(14)27-20/h2-3,6,8-10,25H,4-5,7,11H2,1H3,(H,21,22)(H,24,26)/b23-15+. The van der Waals surface area contributed by atoms with Crippen molar-refractivity contribution in [3.63, 3.8) is 0 Å². The molecule has 3 N–H and O–H groups in total. The van der Waals surface area contributed by atoms with Gasteiger partial charge in [0.1, 0.15) is 5.75 Å². The highest BCUT2D eigenvalue weighted by atomic mass is 32.1. The van der Waals surface area contributed by atoms with Gasteiger partial charge in [-0.15, -0.1) is 0 Å². The number of phenols is 1. The first kappa shape index (κ1) is 17.5. The van der Waals surface area contributed by atoms with E-state index in [2.05, 4.69) is 20.8 Å². The Kier molecular flexibility index (Phi) is 4.77. The zero-order valence-corrected chi connectivity index (χ0v) is 15.8. The lowest BCUT2D eigenvalue weighted by Crippen LogP contribution is -2.28. The highest BCUT2D eigenvalue weighted by Crippen LogP contribution is 2.31. The Labute approximate surface area is 160 Å². The molecule has 0 atom stereocenters. The van der Waals surface area contributed by atoms with Crippen LogP contribution in [-0.4, -0.2) is 28.3 Å². The van der Waals surface area contributed by atoms with Gasteiger partial charge in [-0.3, -0.25) is 4.79 Å². The lowest BCUT2D eigenvalue weighted by molar-refractivity contribution is -0.119. The Bertz CT molecular complexity index is 1010. The predicted molar refractivity (Wildman–Crippen MR) is 109 cm³/mol. The largest absolute Gasteiger partial charge is 0.507 e. The first-order valence-corrected chi connectivity index (χ1v) is 9.70. The Morgan fingerprint density at radius 1 is 1.26 bits per heavy atom. The molecule has 0 radical (unpaired) electrons. The molecule has 7 heteroatoms. The third kappa shape index (κ3) is 3.64. The normalized spacial score (nSPS) is 14.9. The molecule has 3 aromatic rings. The molecule has 1 aliphatic rings. The Balaban J connectivity index is 1.43. The molecule has 2 aromatic carbocycles. The zero-order chi connectivity index (χ0) is 18.8. The van der Waals surface area contributed by atoms with Gasteiger partial charge in [-0.25, -0.2) is 10.4 Å². The summed E-state index contributed by atoms with van der Waals surface area (Å²) in [5.41, 5.74) is 7.25. The first-order valence-electron chi connectivity index (χ1n) is 8.88. The molecule has 0 fully saturated rings. The van der Waals surface area contributed by atoms with Gasteiger partial charge >= 0.3 is 0 Å². The fourth-order valence-corrected chi connectivity index (χ4v) is 4.19. The summed E-state index contributed by atoms with van der Waals surface area (Å²) < 4.78 is 1.07. The van der Waals surface area contributed by atoms with E-state index in [-0.39, 0.29) is 18.2 Å². The molecule has 0 spiro atoms. The van der Waals surface area contributed by atoms with Crippen LogP contribution in [0.4, 0.5) is 5.13 Å². The number of amides is 1. The number of hydrogen-bond acceptors (Lipinski definition) is 6. The van der Waals surface area contributed by atoms with Crippen molar-refractivity contribution in [3.05, 3.63) is 53.1 Å². The average Bonchev–Trinajstić information content (AvgIpc) is 3.10. The molecule has 4 rings (SSSR count). The quantitative estimate of drug-likeness (QED) is 0.604. The van der Waals surface area contributed by atoms with Crippen molar-refractivity contribution in [1.82, 2.24) is 10.4 Å². The summed E-state index contributed by atoms with van der Waals surface area (Å²) in [6.07, 6.45) is 2.60. The third-order valence-corrected chi connectivity index (χ3v) is 5.66. The fraction of sp³-hybridized carbons (Fsp3) is 0.250. The van der Waals surface area contributed by atoms with Gasteiger partial charge in [0.15, 0.2) is 5.13 Å². The van der Waals surface area contributed by atoms with Gasteiger partial charge in [0, 0.05) is 5.56 Å². The number of carbonyl (C=O) groups excluding carboxylic acids is 1. The van der Waals surface area contributed by atoms with Crippen LogP contribution in [0.3, 0.4) is 0 Å². The van der Waals surface area contributed by atoms with Crippen LogP contribution in [0.1, 0.15) is 29.5 Å². The van der Waals surface area contributed by atoms with Crippen molar-refractivity contribution in [2.24, 2.45) is 5.10 Å². The van der Waals surface area contributed by atoms with Crippen molar-refractivity contribution >= 4 is 38.3 Å². The number of aryl methyl sites for hydroxylation is 1. The van der Waals surface area contributed by atoms with Gasteiger partial charge in [-0.05, 0) is 55.5 Å². The summed E-state index contributed by atoms with van der Waals surface area (Å²) >= 11 is 1.51. The molecule has 0 unspecified atom stereocenters. The molecule has 0 saturated carbocycles. The summed E-state index contributed by atoms with van der Waals surface area (Å²) in [5.74, 6) is -0.0306. The predicted octanol–water partition coefficient (Wildman–Crippen LogP) is 3.58. The molecule has 1 aliphatic carbocycles. The lowest BCUT2D eigenvalue weighted by atomic mass is 9.86. The van der Waals surface area contributed by atoms with Gasteiger partial charge in [0.25, 0.3) is 5.91 Å².